The number of benzene rings is 1. The second-order valence-corrected chi connectivity index (χ2v) is 5.15. The maximum atomic E-state index is 12.9. The van der Waals surface area contributed by atoms with Gasteiger partial charge in [-0.25, -0.2) is 4.39 Å². The number of nitrogens with zero attached hydrogens (tertiary/aromatic N) is 1. The number of carbonyl (C=O) groups excluding carboxylic acids is 1. The fraction of sp³-hybridized carbons (Fsp3) is 0.500. The maximum Gasteiger partial charge on any atom is 0.257 e. The molecule has 1 fully saturated rings. The molecule has 1 aromatic rings. The van der Waals surface area contributed by atoms with Crippen molar-refractivity contribution < 1.29 is 14.3 Å². The Bertz CT molecular complexity index is 479. The minimum atomic E-state index is -0.555. The fourth-order valence-electron chi connectivity index (χ4n) is 2.50. The second kappa shape index (κ2) is 5.57. The molecule has 1 aromatic carbocycles. The Hall–Kier alpha value is -1.62. The molecule has 0 spiro atoms. The van der Waals surface area contributed by atoms with Gasteiger partial charge in [-0.3, -0.25) is 4.79 Å². The molecule has 1 amide bonds. The molecule has 2 atom stereocenters. The summed E-state index contributed by atoms with van der Waals surface area (Å²) in [7, 11) is 0. The van der Waals surface area contributed by atoms with Gasteiger partial charge in [0.2, 0.25) is 0 Å². The van der Waals surface area contributed by atoms with Gasteiger partial charge in [0.15, 0.2) is 0 Å². The topological polar surface area (TPSA) is 66.6 Å². The minimum absolute atomic E-state index is 0.111. The van der Waals surface area contributed by atoms with Crippen LogP contribution in [0.25, 0.3) is 0 Å². The molecule has 1 aliphatic heterocycles. The molecule has 5 heteroatoms. The first-order valence-corrected chi connectivity index (χ1v) is 6.52. The highest BCUT2D eigenvalue weighted by atomic mass is 19.1. The number of piperidine rings is 1. The Balaban J connectivity index is 2.22. The number of hydrogen-bond donors (Lipinski definition) is 2. The molecule has 0 aliphatic carbocycles. The van der Waals surface area contributed by atoms with E-state index < -0.39 is 5.82 Å². The highest BCUT2D eigenvalue weighted by Gasteiger charge is 2.30. The number of hydrogen-bond acceptors (Lipinski definition) is 3. The van der Waals surface area contributed by atoms with Crippen LogP contribution in [-0.4, -0.2) is 35.0 Å². The van der Waals surface area contributed by atoms with Crippen molar-refractivity contribution in [3.63, 3.8) is 0 Å². The van der Waals surface area contributed by atoms with E-state index in [1.54, 1.807) is 4.90 Å². The van der Waals surface area contributed by atoms with Gasteiger partial charge in [-0.1, -0.05) is 0 Å². The highest BCUT2D eigenvalue weighted by molar-refractivity contribution is 5.97. The first-order valence-electron chi connectivity index (χ1n) is 6.52. The van der Waals surface area contributed by atoms with Crippen molar-refractivity contribution in [3.8, 4) is 5.75 Å². The molecule has 1 heterocycles. The number of carbonyl (C=O) groups is 1. The van der Waals surface area contributed by atoms with Crippen LogP contribution in [0.1, 0.15) is 30.1 Å². The van der Waals surface area contributed by atoms with Gasteiger partial charge in [-0.2, -0.15) is 0 Å². The average Bonchev–Trinajstić information content (AvgIpc) is 2.38. The monoisotopic (exact) mass is 266 g/mol. The van der Waals surface area contributed by atoms with Crippen LogP contribution in [0.5, 0.6) is 5.75 Å². The average molecular weight is 266 g/mol. The summed E-state index contributed by atoms with van der Waals surface area (Å²) in [4.78, 5) is 14.1. The van der Waals surface area contributed by atoms with Crippen LogP contribution in [0.15, 0.2) is 18.2 Å². The zero-order chi connectivity index (χ0) is 14.0. The van der Waals surface area contributed by atoms with Crippen LogP contribution >= 0.6 is 0 Å². The molecular weight excluding hydrogens is 247 g/mol. The molecule has 2 rings (SSSR count). The van der Waals surface area contributed by atoms with E-state index in [2.05, 4.69) is 0 Å². The minimum Gasteiger partial charge on any atom is -0.507 e. The molecule has 2 unspecified atom stereocenters. The van der Waals surface area contributed by atoms with Crippen LogP contribution in [0.4, 0.5) is 4.39 Å². The van der Waals surface area contributed by atoms with Crippen LogP contribution in [0.2, 0.25) is 0 Å². The molecule has 1 aliphatic rings. The van der Waals surface area contributed by atoms with Crippen LogP contribution < -0.4 is 5.73 Å². The van der Waals surface area contributed by atoms with E-state index in [1.807, 2.05) is 6.92 Å². The molecule has 19 heavy (non-hydrogen) atoms. The number of halogens is 1. The number of phenols is 1. The molecule has 0 bridgehead atoms. The van der Waals surface area contributed by atoms with Gasteiger partial charge in [-0.05, 0) is 44.4 Å². The first kappa shape index (κ1) is 13.8. The number of amides is 1. The zero-order valence-electron chi connectivity index (χ0n) is 11.0. The van der Waals surface area contributed by atoms with Gasteiger partial charge in [0.1, 0.15) is 11.6 Å². The summed E-state index contributed by atoms with van der Waals surface area (Å²) < 4.78 is 12.9. The molecule has 0 radical (unpaired) electrons. The van der Waals surface area contributed by atoms with Crippen molar-refractivity contribution in [2.75, 3.05) is 13.1 Å². The number of aromatic hydroxyl groups is 1. The molecule has 1 saturated heterocycles. The van der Waals surface area contributed by atoms with E-state index in [0.29, 0.717) is 19.0 Å². The maximum absolute atomic E-state index is 12.9. The van der Waals surface area contributed by atoms with E-state index in [9.17, 15) is 14.3 Å². The summed E-state index contributed by atoms with van der Waals surface area (Å²) in [6.07, 6.45) is 1.91. The van der Waals surface area contributed by atoms with Crippen LogP contribution in [0.3, 0.4) is 0 Å². The first-order chi connectivity index (χ1) is 9.02. The van der Waals surface area contributed by atoms with Gasteiger partial charge in [0.05, 0.1) is 5.56 Å². The van der Waals surface area contributed by atoms with Crippen LogP contribution in [0, 0.1) is 11.7 Å². The Morgan fingerprint density at radius 3 is 2.89 bits per heavy atom. The third-order valence-corrected chi connectivity index (χ3v) is 3.76. The van der Waals surface area contributed by atoms with Crippen molar-refractivity contribution in [3.05, 3.63) is 29.6 Å². The third-order valence-electron chi connectivity index (χ3n) is 3.76. The zero-order valence-corrected chi connectivity index (χ0v) is 11.0. The van der Waals surface area contributed by atoms with Gasteiger partial charge < -0.3 is 15.7 Å². The molecule has 104 valence electrons. The SMILES string of the molecule is CC1CCC(CN)CN1C(=O)c1ccc(F)cc1O. The smallest absolute Gasteiger partial charge is 0.257 e. The third kappa shape index (κ3) is 2.87. The highest BCUT2D eigenvalue weighted by Crippen LogP contribution is 2.26. The second-order valence-electron chi connectivity index (χ2n) is 5.15. The lowest BCUT2D eigenvalue weighted by Gasteiger charge is -2.37. The van der Waals surface area contributed by atoms with Gasteiger partial charge >= 0.3 is 0 Å². The summed E-state index contributed by atoms with van der Waals surface area (Å²) in [6, 6.07) is 3.58. The quantitative estimate of drug-likeness (QED) is 0.856. The van der Waals surface area contributed by atoms with E-state index in [-0.39, 0.29) is 23.3 Å². The van der Waals surface area contributed by atoms with Gasteiger partial charge in [0.25, 0.3) is 5.91 Å². The predicted molar refractivity (Wildman–Crippen MR) is 70.3 cm³/mol. The summed E-state index contributed by atoms with van der Waals surface area (Å²) in [5, 5.41) is 9.69. The summed E-state index contributed by atoms with van der Waals surface area (Å²) in [6.45, 7) is 3.12. The molecular formula is C14H19FN2O2. The molecule has 0 saturated carbocycles. The fourth-order valence-corrected chi connectivity index (χ4v) is 2.50. The Labute approximate surface area is 112 Å². The Kier molecular flexibility index (Phi) is 4.04. The van der Waals surface area contributed by atoms with Gasteiger partial charge in [0, 0.05) is 18.7 Å². The number of likely N-dealkylation sites (tertiary alicyclic amines) is 1. The van der Waals surface area contributed by atoms with Crippen molar-refractivity contribution >= 4 is 5.91 Å². The molecule has 0 aromatic heterocycles. The lowest BCUT2D eigenvalue weighted by atomic mass is 9.93. The van der Waals surface area contributed by atoms with E-state index in [0.717, 1.165) is 18.9 Å². The largest absolute Gasteiger partial charge is 0.507 e. The van der Waals surface area contributed by atoms with Crippen molar-refractivity contribution in [1.82, 2.24) is 4.90 Å². The predicted octanol–water partition coefficient (Wildman–Crippen LogP) is 1.73. The standard InChI is InChI=1S/C14H19FN2O2/c1-9-2-3-10(7-16)8-17(9)14(19)12-5-4-11(15)6-13(12)18/h4-6,9-10,18H,2-3,7-8,16H2,1H3. The van der Waals surface area contributed by atoms with Crippen molar-refractivity contribution in [2.45, 2.75) is 25.8 Å². The normalized spacial score (nSPS) is 23.4. The Morgan fingerprint density at radius 1 is 1.53 bits per heavy atom. The number of nitrogens with two attached hydrogens (primary N) is 1. The lowest BCUT2D eigenvalue weighted by Crippen LogP contribution is -2.47. The summed E-state index contributed by atoms with van der Waals surface area (Å²) in [5.74, 6) is -0.835. The molecule has 4 nitrogen and oxygen atoms in total. The summed E-state index contributed by atoms with van der Waals surface area (Å²) >= 11 is 0. The van der Waals surface area contributed by atoms with E-state index in [4.69, 9.17) is 5.73 Å². The number of phenolic OH excluding ortho intramolecular Hbond substituents is 1. The van der Waals surface area contributed by atoms with E-state index in [1.165, 1.54) is 12.1 Å². The van der Waals surface area contributed by atoms with E-state index >= 15 is 0 Å². The van der Waals surface area contributed by atoms with Gasteiger partial charge in [-0.15, -0.1) is 0 Å². The Morgan fingerprint density at radius 2 is 2.26 bits per heavy atom. The van der Waals surface area contributed by atoms with Crippen molar-refractivity contribution in [2.24, 2.45) is 11.7 Å². The van der Waals surface area contributed by atoms with Crippen molar-refractivity contribution in [1.29, 1.82) is 0 Å². The lowest BCUT2D eigenvalue weighted by molar-refractivity contribution is 0.0564. The number of rotatable bonds is 2. The molecule has 3 N–H and O–H groups in total. The summed E-state index contributed by atoms with van der Waals surface area (Å²) in [5.41, 5.74) is 5.81. The van der Waals surface area contributed by atoms with Crippen LogP contribution in [-0.2, 0) is 0 Å².